The summed E-state index contributed by atoms with van der Waals surface area (Å²) in [7, 11) is 1.57. The number of fused-ring (bicyclic) bond motifs is 3. The molecular formula is C18H17N3O3S. The number of anilines is 1. The SMILES string of the molecule is COc1cccc(NC(=O)Cn2cnc3sc4c(c3c2=O)CCC4)c1. The van der Waals surface area contributed by atoms with Gasteiger partial charge in [-0.2, -0.15) is 0 Å². The summed E-state index contributed by atoms with van der Waals surface area (Å²) in [5.41, 5.74) is 1.62. The first-order valence-corrected chi connectivity index (χ1v) is 8.91. The third kappa shape index (κ3) is 2.91. The normalized spacial score (nSPS) is 13.0. The van der Waals surface area contributed by atoms with Crippen LogP contribution in [0.25, 0.3) is 10.2 Å². The number of thiophene rings is 1. The van der Waals surface area contributed by atoms with Crippen LogP contribution in [0.4, 0.5) is 5.69 Å². The molecule has 128 valence electrons. The lowest BCUT2D eigenvalue weighted by molar-refractivity contribution is -0.116. The van der Waals surface area contributed by atoms with Crippen molar-refractivity contribution in [3.05, 3.63) is 51.4 Å². The van der Waals surface area contributed by atoms with Crippen LogP contribution in [0.5, 0.6) is 5.75 Å². The Bertz CT molecular complexity index is 1020. The molecule has 0 saturated heterocycles. The molecule has 0 bridgehead atoms. The third-order valence-corrected chi connectivity index (χ3v) is 5.56. The van der Waals surface area contributed by atoms with Gasteiger partial charge in [-0.15, -0.1) is 11.3 Å². The zero-order valence-electron chi connectivity index (χ0n) is 13.7. The van der Waals surface area contributed by atoms with Crippen LogP contribution in [0.3, 0.4) is 0 Å². The topological polar surface area (TPSA) is 73.2 Å². The molecule has 6 nitrogen and oxygen atoms in total. The Hall–Kier alpha value is -2.67. The lowest BCUT2D eigenvalue weighted by Crippen LogP contribution is -2.28. The second kappa shape index (κ2) is 6.33. The smallest absolute Gasteiger partial charge is 0.262 e. The van der Waals surface area contributed by atoms with Crippen LogP contribution in [0, 0.1) is 0 Å². The number of carbonyl (C=O) groups excluding carboxylic acids is 1. The van der Waals surface area contributed by atoms with Crippen molar-refractivity contribution >= 4 is 33.1 Å². The number of aryl methyl sites for hydroxylation is 2. The average molecular weight is 355 g/mol. The monoisotopic (exact) mass is 355 g/mol. The second-order valence-electron chi connectivity index (χ2n) is 6.00. The van der Waals surface area contributed by atoms with Crippen molar-refractivity contribution in [2.75, 3.05) is 12.4 Å². The van der Waals surface area contributed by atoms with Crippen LogP contribution in [-0.2, 0) is 24.2 Å². The molecule has 0 fully saturated rings. The Morgan fingerprint density at radius 1 is 1.40 bits per heavy atom. The quantitative estimate of drug-likeness (QED) is 0.781. The van der Waals surface area contributed by atoms with Gasteiger partial charge in [0, 0.05) is 16.6 Å². The van der Waals surface area contributed by atoms with Crippen molar-refractivity contribution in [1.29, 1.82) is 0 Å². The number of nitrogens with one attached hydrogen (secondary N) is 1. The number of amides is 1. The molecule has 2 aromatic heterocycles. The molecule has 2 heterocycles. The molecule has 7 heteroatoms. The van der Waals surface area contributed by atoms with E-state index < -0.39 is 0 Å². The maximum Gasteiger partial charge on any atom is 0.262 e. The molecule has 0 aliphatic heterocycles. The van der Waals surface area contributed by atoms with Crippen molar-refractivity contribution in [2.45, 2.75) is 25.8 Å². The van der Waals surface area contributed by atoms with Crippen LogP contribution in [-0.4, -0.2) is 22.6 Å². The van der Waals surface area contributed by atoms with Gasteiger partial charge in [0.1, 0.15) is 17.1 Å². The first-order chi connectivity index (χ1) is 12.2. The predicted octanol–water partition coefficient (Wildman–Crippen LogP) is 2.59. The van der Waals surface area contributed by atoms with E-state index in [0.717, 1.165) is 29.7 Å². The van der Waals surface area contributed by atoms with E-state index in [9.17, 15) is 9.59 Å². The third-order valence-electron chi connectivity index (χ3n) is 4.36. The van der Waals surface area contributed by atoms with Crippen LogP contribution >= 0.6 is 11.3 Å². The minimum absolute atomic E-state index is 0.0659. The molecule has 1 amide bonds. The van der Waals surface area contributed by atoms with Gasteiger partial charge in [-0.05, 0) is 37.0 Å². The summed E-state index contributed by atoms with van der Waals surface area (Å²) in [5.74, 6) is 0.385. The predicted molar refractivity (Wildman–Crippen MR) is 97.5 cm³/mol. The zero-order chi connectivity index (χ0) is 17.4. The Morgan fingerprint density at radius 3 is 3.12 bits per heavy atom. The van der Waals surface area contributed by atoms with Crippen LogP contribution < -0.4 is 15.6 Å². The number of carbonyl (C=O) groups is 1. The van der Waals surface area contributed by atoms with Crippen molar-refractivity contribution in [2.24, 2.45) is 0 Å². The van der Waals surface area contributed by atoms with E-state index in [0.29, 0.717) is 16.8 Å². The minimum atomic E-state index is -0.275. The van der Waals surface area contributed by atoms with Crippen molar-refractivity contribution in [3.63, 3.8) is 0 Å². The Kier molecular flexibility index (Phi) is 4.01. The number of benzene rings is 1. The van der Waals surface area contributed by atoms with Crippen LogP contribution in [0.2, 0.25) is 0 Å². The molecule has 1 N–H and O–H groups in total. The largest absolute Gasteiger partial charge is 0.497 e. The average Bonchev–Trinajstić information content (AvgIpc) is 3.18. The summed E-state index contributed by atoms with van der Waals surface area (Å²) in [5, 5.41) is 3.47. The number of hydrogen-bond donors (Lipinski definition) is 1. The second-order valence-corrected chi connectivity index (χ2v) is 7.08. The highest BCUT2D eigenvalue weighted by atomic mass is 32.1. The summed E-state index contributed by atoms with van der Waals surface area (Å²) in [6, 6.07) is 7.10. The van der Waals surface area contributed by atoms with E-state index in [1.165, 1.54) is 15.8 Å². The summed E-state index contributed by atoms with van der Waals surface area (Å²) in [6.45, 7) is -0.0659. The van der Waals surface area contributed by atoms with Crippen LogP contribution in [0.15, 0.2) is 35.4 Å². The number of ether oxygens (including phenoxy) is 1. The summed E-state index contributed by atoms with van der Waals surface area (Å²) in [4.78, 5) is 31.5. The Labute approximate surface area is 148 Å². The summed E-state index contributed by atoms with van der Waals surface area (Å²) >= 11 is 1.60. The van der Waals surface area contributed by atoms with Gasteiger partial charge in [-0.1, -0.05) is 6.07 Å². The fourth-order valence-electron chi connectivity index (χ4n) is 3.19. The van der Waals surface area contributed by atoms with Gasteiger partial charge in [0.15, 0.2) is 0 Å². The zero-order valence-corrected chi connectivity index (χ0v) is 14.6. The van der Waals surface area contributed by atoms with Gasteiger partial charge >= 0.3 is 0 Å². The molecule has 25 heavy (non-hydrogen) atoms. The first-order valence-electron chi connectivity index (χ1n) is 8.09. The lowest BCUT2D eigenvalue weighted by atomic mass is 10.2. The van der Waals surface area contributed by atoms with Crippen molar-refractivity contribution in [1.82, 2.24) is 9.55 Å². The highest BCUT2D eigenvalue weighted by Crippen LogP contribution is 2.34. The molecule has 0 atom stereocenters. The van der Waals surface area contributed by atoms with E-state index >= 15 is 0 Å². The van der Waals surface area contributed by atoms with Gasteiger partial charge < -0.3 is 10.1 Å². The maximum atomic E-state index is 12.8. The number of rotatable bonds is 4. The van der Waals surface area contributed by atoms with Gasteiger partial charge in [0.2, 0.25) is 5.91 Å². The molecule has 0 unspecified atom stereocenters. The highest BCUT2D eigenvalue weighted by Gasteiger charge is 2.21. The van der Waals surface area contributed by atoms with Gasteiger partial charge in [0.25, 0.3) is 5.56 Å². The molecule has 1 aromatic carbocycles. The van der Waals surface area contributed by atoms with Gasteiger partial charge in [-0.3, -0.25) is 14.2 Å². The fraction of sp³-hybridized carbons (Fsp3) is 0.278. The van der Waals surface area contributed by atoms with E-state index in [-0.39, 0.29) is 18.0 Å². The lowest BCUT2D eigenvalue weighted by Gasteiger charge is -2.08. The number of aromatic nitrogens is 2. The van der Waals surface area contributed by atoms with Gasteiger partial charge in [0.05, 0.1) is 18.8 Å². The Balaban J connectivity index is 1.59. The molecule has 3 aromatic rings. The molecule has 1 aliphatic carbocycles. The highest BCUT2D eigenvalue weighted by molar-refractivity contribution is 7.18. The molecule has 0 spiro atoms. The minimum Gasteiger partial charge on any atom is -0.497 e. The summed E-state index contributed by atoms with van der Waals surface area (Å²) in [6.07, 6.45) is 4.49. The molecule has 4 rings (SSSR count). The van der Waals surface area contributed by atoms with E-state index in [2.05, 4.69) is 10.3 Å². The Morgan fingerprint density at radius 2 is 2.28 bits per heavy atom. The van der Waals surface area contributed by atoms with E-state index in [1.54, 1.807) is 42.7 Å². The number of nitrogens with zero attached hydrogens (tertiary/aromatic N) is 2. The first kappa shape index (κ1) is 15.8. The molecule has 0 radical (unpaired) electrons. The standard InChI is InChI=1S/C18H17N3O3S/c1-24-12-5-2-4-11(8-12)20-15(22)9-21-10-19-17-16(18(21)23)13-6-3-7-14(13)25-17/h2,4-5,8,10H,3,6-7,9H2,1H3,(H,20,22). The fourth-order valence-corrected chi connectivity index (χ4v) is 4.41. The van der Waals surface area contributed by atoms with Crippen molar-refractivity contribution in [3.8, 4) is 5.75 Å². The van der Waals surface area contributed by atoms with E-state index in [1.807, 2.05) is 0 Å². The maximum absolute atomic E-state index is 12.8. The number of hydrogen-bond acceptors (Lipinski definition) is 5. The van der Waals surface area contributed by atoms with Crippen LogP contribution in [0.1, 0.15) is 16.9 Å². The van der Waals surface area contributed by atoms with Crippen molar-refractivity contribution < 1.29 is 9.53 Å². The molecule has 0 saturated carbocycles. The number of methoxy groups -OCH3 is 1. The van der Waals surface area contributed by atoms with Gasteiger partial charge in [-0.25, -0.2) is 4.98 Å². The molecule has 1 aliphatic rings. The van der Waals surface area contributed by atoms with E-state index in [4.69, 9.17) is 4.74 Å². The summed E-state index contributed by atoms with van der Waals surface area (Å²) < 4.78 is 6.52. The molecular weight excluding hydrogens is 338 g/mol.